The molecule has 0 saturated heterocycles. The Morgan fingerprint density at radius 1 is 1.42 bits per heavy atom. The Labute approximate surface area is 118 Å². The molecule has 1 aliphatic carbocycles. The molecule has 0 aromatic carbocycles. The van der Waals surface area contributed by atoms with Crippen LogP contribution in [0.1, 0.15) is 46.4 Å². The summed E-state index contributed by atoms with van der Waals surface area (Å²) in [5.41, 5.74) is 7.90. The third-order valence-electron chi connectivity index (χ3n) is 3.98. The molecule has 0 amide bonds. The lowest BCUT2D eigenvalue weighted by molar-refractivity contribution is 0.628. The minimum Gasteiger partial charge on any atom is -0.338 e. The molecule has 2 aromatic rings. The number of rotatable bonds is 4. The number of nitrogens with two attached hydrogens (primary N) is 1. The van der Waals surface area contributed by atoms with Gasteiger partial charge in [0, 0.05) is 41.7 Å². The lowest BCUT2D eigenvalue weighted by Gasteiger charge is -2.09. The van der Waals surface area contributed by atoms with Crippen molar-refractivity contribution in [1.82, 2.24) is 9.55 Å². The summed E-state index contributed by atoms with van der Waals surface area (Å²) in [6, 6.07) is 2.51. The summed E-state index contributed by atoms with van der Waals surface area (Å²) in [7, 11) is 2.04. The standard InChI is InChI=1S/C15H21N3S/c1-18-9-8-17-15(18)7-6-12(16)14-10-11-4-2-3-5-13(11)19-14/h8-10,12H,2-7,16H2,1H3. The first-order valence-electron chi connectivity index (χ1n) is 7.07. The molecule has 0 spiro atoms. The summed E-state index contributed by atoms with van der Waals surface area (Å²) in [4.78, 5) is 7.30. The zero-order valence-corrected chi connectivity index (χ0v) is 12.2. The molecule has 2 N–H and O–H groups in total. The average molecular weight is 275 g/mol. The maximum Gasteiger partial charge on any atom is 0.108 e. The van der Waals surface area contributed by atoms with Crippen LogP contribution in [0.15, 0.2) is 18.5 Å². The first-order chi connectivity index (χ1) is 9.24. The Morgan fingerprint density at radius 3 is 3.00 bits per heavy atom. The lowest BCUT2D eigenvalue weighted by atomic mass is 9.98. The number of aryl methyl sites for hydroxylation is 4. The van der Waals surface area contributed by atoms with Crippen LogP contribution in [0.4, 0.5) is 0 Å². The Hall–Kier alpha value is -1.13. The van der Waals surface area contributed by atoms with Crippen molar-refractivity contribution in [1.29, 1.82) is 0 Å². The van der Waals surface area contributed by atoms with E-state index in [1.807, 2.05) is 30.8 Å². The topological polar surface area (TPSA) is 43.8 Å². The third kappa shape index (κ3) is 2.74. The van der Waals surface area contributed by atoms with Crippen molar-refractivity contribution < 1.29 is 0 Å². The van der Waals surface area contributed by atoms with E-state index in [1.54, 1.807) is 10.4 Å². The Kier molecular flexibility index (Phi) is 3.71. The van der Waals surface area contributed by atoms with Crippen LogP contribution in [0.25, 0.3) is 0 Å². The van der Waals surface area contributed by atoms with Gasteiger partial charge in [-0.2, -0.15) is 0 Å². The fraction of sp³-hybridized carbons (Fsp3) is 0.533. The highest BCUT2D eigenvalue weighted by atomic mass is 32.1. The summed E-state index contributed by atoms with van der Waals surface area (Å²) in [5.74, 6) is 1.12. The highest BCUT2D eigenvalue weighted by Gasteiger charge is 2.17. The molecule has 0 saturated carbocycles. The molecule has 0 radical (unpaired) electrons. The van der Waals surface area contributed by atoms with Gasteiger partial charge in [-0.1, -0.05) is 0 Å². The molecule has 3 nitrogen and oxygen atoms in total. The number of fused-ring (bicyclic) bond motifs is 1. The van der Waals surface area contributed by atoms with Crippen LogP contribution in [0.5, 0.6) is 0 Å². The zero-order valence-electron chi connectivity index (χ0n) is 11.4. The van der Waals surface area contributed by atoms with Gasteiger partial charge in [0.25, 0.3) is 0 Å². The minimum atomic E-state index is 0.160. The summed E-state index contributed by atoms with van der Waals surface area (Å²) in [6.45, 7) is 0. The van der Waals surface area contributed by atoms with Crippen molar-refractivity contribution in [3.63, 3.8) is 0 Å². The van der Waals surface area contributed by atoms with Crippen LogP contribution in [-0.2, 0) is 26.3 Å². The zero-order chi connectivity index (χ0) is 13.2. The van der Waals surface area contributed by atoms with Gasteiger partial charge in [0.2, 0.25) is 0 Å². The molecule has 0 aliphatic heterocycles. The quantitative estimate of drug-likeness (QED) is 0.932. The summed E-state index contributed by atoms with van der Waals surface area (Å²) in [5, 5.41) is 0. The SMILES string of the molecule is Cn1ccnc1CCC(N)c1cc2c(s1)CCCC2. The summed E-state index contributed by atoms with van der Waals surface area (Å²) in [6.07, 6.45) is 11.0. The van der Waals surface area contributed by atoms with Gasteiger partial charge in [0.1, 0.15) is 5.82 Å². The van der Waals surface area contributed by atoms with Crippen molar-refractivity contribution in [3.05, 3.63) is 39.6 Å². The van der Waals surface area contributed by atoms with Crippen molar-refractivity contribution >= 4 is 11.3 Å². The smallest absolute Gasteiger partial charge is 0.108 e. The maximum absolute atomic E-state index is 6.35. The highest BCUT2D eigenvalue weighted by molar-refractivity contribution is 7.12. The van der Waals surface area contributed by atoms with Crippen LogP contribution in [0.3, 0.4) is 0 Å². The molecular weight excluding hydrogens is 254 g/mol. The van der Waals surface area contributed by atoms with Crippen LogP contribution < -0.4 is 5.73 Å². The molecule has 4 heteroatoms. The van der Waals surface area contributed by atoms with Gasteiger partial charge >= 0.3 is 0 Å². The molecule has 1 atom stereocenters. The van der Waals surface area contributed by atoms with Gasteiger partial charge in [-0.05, 0) is 43.7 Å². The maximum atomic E-state index is 6.35. The van der Waals surface area contributed by atoms with Crippen molar-refractivity contribution in [3.8, 4) is 0 Å². The summed E-state index contributed by atoms with van der Waals surface area (Å²) >= 11 is 1.93. The van der Waals surface area contributed by atoms with E-state index < -0.39 is 0 Å². The number of hydrogen-bond acceptors (Lipinski definition) is 3. The minimum absolute atomic E-state index is 0.160. The van der Waals surface area contributed by atoms with E-state index in [0.29, 0.717) is 0 Å². The van der Waals surface area contributed by atoms with Gasteiger partial charge in [-0.15, -0.1) is 11.3 Å². The Balaban J connectivity index is 1.65. The molecule has 19 heavy (non-hydrogen) atoms. The van der Waals surface area contributed by atoms with Gasteiger partial charge in [0.05, 0.1) is 0 Å². The predicted octanol–water partition coefficient (Wildman–Crippen LogP) is 2.99. The monoisotopic (exact) mass is 275 g/mol. The van der Waals surface area contributed by atoms with E-state index in [-0.39, 0.29) is 6.04 Å². The van der Waals surface area contributed by atoms with Crippen molar-refractivity contribution in [2.75, 3.05) is 0 Å². The molecule has 2 aromatic heterocycles. The first-order valence-corrected chi connectivity index (χ1v) is 7.89. The van der Waals surface area contributed by atoms with Crippen LogP contribution in [-0.4, -0.2) is 9.55 Å². The Bertz CT molecular complexity index is 532. The number of thiophene rings is 1. The van der Waals surface area contributed by atoms with Gasteiger partial charge in [-0.3, -0.25) is 0 Å². The van der Waals surface area contributed by atoms with E-state index in [4.69, 9.17) is 5.73 Å². The van der Waals surface area contributed by atoms with Crippen LogP contribution in [0, 0.1) is 0 Å². The summed E-state index contributed by atoms with van der Waals surface area (Å²) < 4.78 is 2.08. The van der Waals surface area contributed by atoms with E-state index in [0.717, 1.165) is 18.7 Å². The molecule has 102 valence electrons. The van der Waals surface area contributed by atoms with Gasteiger partial charge in [-0.25, -0.2) is 4.98 Å². The number of aromatic nitrogens is 2. The number of nitrogens with zero attached hydrogens (tertiary/aromatic N) is 2. The van der Waals surface area contributed by atoms with E-state index in [2.05, 4.69) is 15.6 Å². The number of hydrogen-bond donors (Lipinski definition) is 1. The molecule has 3 rings (SSSR count). The fourth-order valence-corrected chi connectivity index (χ4v) is 4.05. The normalized spacial score (nSPS) is 16.3. The molecular formula is C15H21N3S. The number of imidazole rings is 1. The second kappa shape index (κ2) is 5.47. The van der Waals surface area contributed by atoms with E-state index in [9.17, 15) is 0 Å². The first kappa shape index (κ1) is 12.9. The van der Waals surface area contributed by atoms with E-state index in [1.165, 1.54) is 30.6 Å². The molecule has 2 heterocycles. The highest BCUT2D eigenvalue weighted by Crippen LogP contribution is 2.33. The van der Waals surface area contributed by atoms with Crippen LogP contribution in [0.2, 0.25) is 0 Å². The van der Waals surface area contributed by atoms with Crippen molar-refractivity contribution in [2.45, 2.75) is 44.6 Å². The lowest BCUT2D eigenvalue weighted by Crippen LogP contribution is -2.11. The Morgan fingerprint density at radius 2 is 2.26 bits per heavy atom. The van der Waals surface area contributed by atoms with Gasteiger partial charge < -0.3 is 10.3 Å². The third-order valence-corrected chi connectivity index (χ3v) is 5.35. The van der Waals surface area contributed by atoms with Crippen molar-refractivity contribution in [2.24, 2.45) is 12.8 Å². The fourth-order valence-electron chi connectivity index (χ4n) is 2.76. The van der Waals surface area contributed by atoms with Crippen LogP contribution >= 0.6 is 11.3 Å². The predicted molar refractivity (Wildman–Crippen MR) is 79.4 cm³/mol. The average Bonchev–Trinajstić information content (AvgIpc) is 3.01. The second-order valence-corrected chi connectivity index (χ2v) is 6.57. The largest absolute Gasteiger partial charge is 0.338 e. The molecule has 1 unspecified atom stereocenters. The van der Waals surface area contributed by atoms with E-state index >= 15 is 0 Å². The molecule has 1 aliphatic rings. The van der Waals surface area contributed by atoms with Gasteiger partial charge in [0.15, 0.2) is 0 Å². The second-order valence-electron chi connectivity index (χ2n) is 5.40. The molecule has 0 fully saturated rings. The molecule has 0 bridgehead atoms.